The van der Waals surface area contributed by atoms with Gasteiger partial charge in [-0.2, -0.15) is 0 Å². The van der Waals surface area contributed by atoms with Crippen LogP contribution in [0.4, 0.5) is 10.1 Å². The van der Waals surface area contributed by atoms with Gasteiger partial charge in [0.1, 0.15) is 0 Å². The lowest BCUT2D eigenvalue weighted by atomic mass is 10.0. The highest BCUT2D eigenvalue weighted by molar-refractivity contribution is 7.12. The van der Waals surface area contributed by atoms with E-state index in [1.165, 1.54) is 17.5 Å². The monoisotopic (exact) mass is 659 g/mol. The lowest BCUT2D eigenvalue weighted by Crippen LogP contribution is -2.66. The topological polar surface area (TPSA) is 73.2 Å². The van der Waals surface area contributed by atoms with Crippen LogP contribution in [0.2, 0.25) is 5.04 Å². The van der Waals surface area contributed by atoms with Crippen molar-refractivity contribution in [3.63, 3.8) is 0 Å². The fraction of sp³-hybridized carbons (Fsp3) is 0.361. The number of ether oxygens (including phenoxy) is 1. The number of carbonyl (C=O) groups is 1. The number of morpholine rings is 1. The Labute approximate surface area is 276 Å². The number of carbonyl (C=O) groups excluding carboxylic acids is 1. The summed E-state index contributed by atoms with van der Waals surface area (Å²) in [5.41, 5.74) is 3.14. The normalized spacial score (nSPS) is 17.1. The third kappa shape index (κ3) is 6.85. The summed E-state index contributed by atoms with van der Waals surface area (Å²) in [6.45, 7) is 15.1. The molecule has 1 saturated heterocycles. The number of aromatic nitrogens is 1. The van der Waals surface area contributed by atoms with Gasteiger partial charge < -0.3 is 18.9 Å². The molecule has 5 rings (SSSR count). The second-order valence-electron chi connectivity index (χ2n) is 13.0. The van der Waals surface area contributed by atoms with Crippen molar-refractivity contribution in [1.29, 1.82) is 0 Å². The molecule has 242 valence electrons. The largest absolute Gasteiger partial charge is 0.403 e. The SMILES string of the molecule is CC(C)=NOc1c(C(=O)c2cncs2)cc(CO[Si](c2ccccc2)(c2ccccc2)C(C)(C)C)c(N2C[C@@H](C)O[C@@H](C)C2)c1F. The predicted octanol–water partition coefficient (Wildman–Crippen LogP) is 6.98. The summed E-state index contributed by atoms with van der Waals surface area (Å²) in [4.78, 5) is 26.0. The second kappa shape index (κ2) is 14.0. The van der Waals surface area contributed by atoms with Gasteiger partial charge in [0.15, 0.2) is 5.82 Å². The van der Waals surface area contributed by atoms with E-state index in [1.54, 1.807) is 25.4 Å². The number of thiazole rings is 1. The maximum absolute atomic E-state index is 17.1. The van der Waals surface area contributed by atoms with Crippen molar-refractivity contribution >= 4 is 47.2 Å². The molecular weight excluding hydrogens is 618 g/mol. The van der Waals surface area contributed by atoms with E-state index in [1.807, 2.05) is 55.1 Å². The number of hydrogen-bond acceptors (Lipinski definition) is 8. The Hall–Kier alpha value is -3.70. The Morgan fingerprint density at radius 1 is 1.04 bits per heavy atom. The number of halogens is 1. The quantitative estimate of drug-likeness (QED) is 0.0792. The number of hydrogen-bond donors (Lipinski definition) is 0. The zero-order chi connectivity index (χ0) is 33.1. The van der Waals surface area contributed by atoms with Gasteiger partial charge in [-0.25, -0.2) is 4.39 Å². The van der Waals surface area contributed by atoms with E-state index in [0.29, 0.717) is 34.9 Å². The van der Waals surface area contributed by atoms with Gasteiger partial charge in [-0.3, -0.25) is 9.78 Å². The molecule has 1 aromatic heterocycles. The summed E-state index contributed by atoms with van der Waals surface area (Å²) >= 11 is 1.19. The molecule has 0 aliphatic carbocycles. The molecule has 2 heterocycles. The van der Waals surface area contributed by atoms with Crippen LogP contribution in [-0.2, 0) is 15.8 Å². The number of anilines is 1. The molecule has 2 atom stereocenters. The maximum atomic E-state index is 17.1. The average Bonchev–Trinajstić information content (AvgIpc) is 3.55. The first kappa shape index (κ1) is 33.7. The third-order valence-corrected chi connectivity index (χ3v) is 13.8. The fourth-order valence-corrected chi connectivity index (χ4v) is 11.4. The first-order valence-electron chi connectivity index (χ1n) is 15.5. The summed E-state index contributed by atoms with van der Waals surface area (Å²) < 4.78 is 30.4. The lowest BCUT2D eigenvalue weighted by molar-refractivity contribution is -0.00552. The van der Waals surface area contributed by atoms with Gasteiger partial charge in [0, 0.05) is 24.8 Å². The summed E-state index contributed by atoms with van der Waals surface area (Å²) in [7, 11) is -3.00. The van der Waals surface area contributed by atoms with Crippen LogP contribution in [0.5, 0.6) is 5.75 Å². The van der Waals surface area contributed by atoms with Gasteiger partial charge in [0.25, 0.3) is 8.32 Å². The number of benzene rings is 3. The van der Waals surface area contributed by atoms with Crippen molar-refractivity contribution in [2.45, 2.75) is 72.3 Å². The zero-order valence-corrected chi connectivity index (χ0v) is 29.4. The second-order valence-corrected chi connectivity index (χ2v) is 18.2. The number of nitrogens with zero attached hydrogens (tertiary/aromatic N) is 3. The average molecular weight is 660 g/mol. The van der Waals surface area contributed by atoms with E-state index in [-0.39, 0.29) is 40.9 Å². The molecule has 0 bridgehead atoms. The molecule has 1 aliphatic rings. The van der Waals surface area contributed by atoms with Crippen LogP contribution in [0.1, 0.15) is 69.3 Å². The maximum Gasteiger partial charge on any atom is 0.261 e. The van der Waals surface area contributed by atoms with E-state index in [2.05, 4.69) is 55.2 Å². The molecule has 4 aromatic rings. The van der Waals surface area contributed by atoms with Crippen molar-refractivity contribution in [3.8, 4) is 5.75 Å². The molecule has 1 aliphatic heterocycles. The molecule has 0 amide bonds. The first-order chi connectivity index (χ1) is 21.9. The minimum absolute atomic E-state index is 0.0684. The highest BCUT2D eigenvalue weighted by Crippen LogP contribution is 2.41. The van der Waals surface area contributed by atoms with Crippen LogP contribution in [0.15, 0.2) is 83.6 Å². The van der Waals surface area contributed by atoms with Gasteiger partial charge in [-0.1, -0.05) is 86.6 Å². The van der Waals surface area contributed by atoms with E-state index in [0.717, 1.165) is 10.4 Å². The van der Waals surface area contributed by atoms with Gasteiger partial charge >= 0.3 is 0 Å². The minimum Gasteiger partial charge on any atom is -0.403 e. The first-order valence-corrected chi connectivity index (χ1v) is 18.3. The van der Waals surface area contributed by atoms with Crippen molar-refractivity contribution in [2.75, 3.05) is 18.0 Å². The van der Waals surface area contributed by atoms with Gasteiger partial charge in [0.2, 0.25) is 11.5 Å². The van der Waals surface area contributed by atoms with Crippen LogP contribution in [0.3, 0.4) is 0 Å². The lowest BCUT2D eigenvalue weighted by Gasteiger charge is -2.43. The van der Waals surface area contributed by atoms with Crippen molar-refractivity contribution < 1.29 is 23.2 Å². The Kier molecular flexibility index (Phi) is 10.2. The van der Waals surface area contributed by atoms with Gasteiger partial charge in [-0.05, 0) is 49.2 Å². The van der Waals surface area contributed by atoms with Gasteiger partial charge in [-0.15, -0.1) is 11.3 Å². The van der Waals surface area contributed by atoms with Crippen molar-refractivity contribution in [1.82, 2.24) is 4.98 Å². The standard InChI is InChI=1S/C36H42FN3O4SSi/c1-24(2)39-44-35-30(34(41)31-19-38-23-45-31)18-27(33(32(35)37)40-20-25(3)43-26(4)21-40)22-42-46(36(5,6)7,28-14-10-8-11-15-28)29-16-12-9-13-17-29/h8-19,23,25-26H,20-22H2,1-7H3/t25-,26+. The number of oxime groups is 1. The highest BCUT2D eigenvalue weighted by Gasteiger charge is 2.50. The van der Waals surface area contributed by atoms with E-state index in [4.69, 9.17) is 14.0 Å². The zero-order valence-electron chi connectivity index (χ0n) is 27.5. The van der Waals surface area contributed by atoms with Crippen molar-refractivity contribution in [3.05, 3.63) is 100 Å². The van der Waals surface area contributed by atoms with E-state index >= 15 is 4.39 Å². The Balaban J connectivity index is 1.73. The number of rotatable bonds is 10. The Bertz CT molecular complexity index is 1620. The molecule has 0 N–H and O–H groups in total. The molecule has 0 unspecified atom stereocenters. The third-order valence-electron chi connectivity index (χ3n) is 8.09. The van der Waals surface area contributed by atoms with Crippen LogP contribution in [0, 0.1) is 5.82 Å². The van der Waals surface area contributed by atoms with Crippen LogP contribution >= 0.6 is 11.3 Å². The predicted molar refractivity (Wildman–Crippen MR) is 186 cm³/mol. The Morgan fingerprint density at radius 2 is 1.63 bits per heavy atom. The summed E-state index contributed by atoms with van der Waals surface area (Å²) in [6.07, 6.45) is 1.22. The summed E-state index contributed by atoms with van der Waals surface area (Å²) in [5, 5.41) is 5.99. The molecule has 1 fully saturated rings. The Morgan fingerprint density at radius 3 is 2.13 bits per heavy atom. The van der Waals surface area contributed by atoms with Crippen LogP contribution < -0.4 is 20.1 Å². The fourth-order valence-electron chi connectivity index (χ4n) is 6.29. The molecule has 7 nitrogen and oxygen atoms in total. The van der Waals surface area contributed by atoms with Crippen LogP contribution in [0.25, 0.3) is 0 Å². The van der Waals surface area contributed by atoms with E-state index < -0.39 is 14.1 Å². The minimum atomic E-state index is -3.00. The number of ketones is 1. The summed E-state index contributed by atoms with van der Waals surface area (Å²) in [5.74, 6) is -1.25. The molecule has 0 spiro atoms. The molecule has 3 aromatic carbocycles. The molecule has 46 heavy (non-hydrogen) atoms. The molecular formula is C36H42FN3O4SSi. The highest BCUT2D eigenvalue weighted by atomic mass is 32.1. The van der Waals surface area contributed by atoms with Crippen molar-refractivity contribution in [2.24, 2.45) is 5.16 Å². The van der Waals surface area contributed by atoms with Crippen LogP contribution in [-0.4, -0.2) is 50.1 Å². The molecule has 0 radical (unpaired) electrons. The molecule has 0 saturated carbocycles. The smallest absolute Gasteiger partial charge is 0.261 e. The summed E-state index contributed by atoms with van der Waals surface area (Å²) in [6, 6.07) is 22.3. The molecule has 10 heteroatoms. The van der Waals surface area contributed by atoms with Gasteiger partial charge in [0.05, 0.1) is 46.2 Å². The van der Waals surface area contributed by atoms with E-state index in [9.17, 15) is 4.79 Å².